The second-order valence-corrected chi connectivity index (χ2v) is 5.55. The zero-order chi connectivity index (χ0) is 11.3. The number of hydrogen-bond acceptors (Lipinski definition) is 1. The van der Waals surface area contributed by atoms with E-state index in [0.29, 0.717) is 0 Å². The van der Waals surface area contributed by atoms with Crippen LogP contribution in [0.1, 0.15) is 18.9 Å². The molecule has 0 aliphatic carbocycles. The minimum Gasteiger partial charge on any atom is -0.313 e. The first-order valence-corrected chi connectivity index (χ1v) is 6.49. The summed E-state index contributed by atoms with van der Waals surface area (Å²) in [6.07, 6.45) is 0.968. The van der Waals surface area contributed by atoms with E-state index in [2.05, 4.69) is 21.2 Å². The SMILES string of the molecule is CC(Cl)CCNCc1ccc(Br)cc1Cl. The van der Waals surface area contributed by atoms with E-state index in [1.807, 2.05) is 25.1 Å². The molecule has 1 aromatic rings. The van der Waals surface area contributed by atoms with Gasteiger partial charge in [0.1, 0.15) is 0 Å². The van der Waals surface area contributed by atoms with Crippen molar-refractivity contribution >= 4 is 39.1 Å². The second kappa shape index (κ2) is 6.74. The summed E-state index contributed by atoms with van der Waals surface area (Å²) in [6.45, 7) is 3.70. The topological polar surface area (TPSA) is 12.0 Å². The maximum absolute atomic E-state index is 6.07. The number of hydrogen-bond donors (Lipinski definition) is 1. The van der Waals surface area contributed by atoms with Crippen molar-refractivity contribution in [2.75, 3.05) is 6.54 Å². The summed E-state index contributed by atoms with van der Waals surface area (Å²) in [5.74, 6) is 0. The van der Waals surface area contributed by atoms with Crippen molar-refractivity contribution in [3.8, 4) is 0 Å². The van der Waals surface area contributed by atoms with E-state index in [1.54, 1.807) is 0 Å². The van der Waals surface area contributed by atoms with E-state index in [9.17, 15) is 0 Å². The van der Waals surface area contributed by atoms with E-state index in [4.69, 9.17) is 23.2 Å². The molecule has 1 rings (SSSR count). The Labute approximate surface area is 109 Å². The highest BCUT2D eigenvalue weighted by molar-refractivity contribution is 9.10. The molecule has 1 atom stereocenters. The van der Waals surface area contributed by atoms with E-state index in [-0.39, 0.29) is 5.38 Å². The molecule has 1 unspecified atom stereocenters. The van der Waals surface area contributed by atoms with Gasteiger partial charge in [-0.05, 0) is 37.6 Å². The third-order valence-electron chi connectivity index (χ3n) is 2.05. The number of alkyl halides is 1. The summed E-state index contributed by atoms with van der Waals surface area (Å²) in [7, 11) is 0. The summed E-state index contributed by atoms with van der Waals surface area (Å²) in [5, 5.41) is 4.32. The molecule has 0 saturated carbocycles. The fourth-order valence-corrected chi connectivity index (χ4v) is 2.04. The molecule has 0 bridgehead atoms. The maximum Gasteiger partial charge on any atom is 0.0462 e. The number of halogens is 3. The van der Waals surface area contributed by atoms with Crippen molar-refractivity contribution in [1.82, 2.24) is 5.32 Å². The highest BCUT2D eigenvalue weighted by Crippen LogP contribution is 2.21. The lowest BCUT2D eigenvalue weighted by atomic mass is 10.2. The largest absolute Gasteiger partial charge is 0.313 e. The van der Waals surface area contributed by atoms with Crippen LogP contribution in [0.3, 0.4) is 0 Å². The second-order valence-electron chi connectivity index (χ2n) is 3.48. The zero-order valence-electron chi connectivity index (χ0n) is 8.56. The molecular weight excluding hydrogens is 297 g/mol. The molecule has 0 saturated heterocycles. The molecule has 84 valence electrons. The van der Waals surface area contributed by atoms with Crippen LogP contribution in [0.2, 0.25) is 5.02 Å². The molecule has 1 aromatic carbocycles. The first-order valence-electron chi connectivity index (χ1n) is 4.88. The molecule has 0 aromatic heterocycles. The van der Waals surface area contributed by atoms with Crippen LogP contribution < -0.4 is 5.32 Å². The fraction of sp³-hybridized carbons (Fsp3) is 0.455. The van der Waals surface area contributed by atoms with Crippen LogP contribution in [0.25, 0.3) is 0 Å². The van der Waals surface area contributed by atoms with E-state index < -0.39 is 0 Å². The lowest BCUT2D eigenvalue weighted by Gasteiger charge is -2.07. The molecule has 0 aliphatic rings. The van der Waals surface area contributed by atoms with E-state index in [0.717, 1.165) is 34.6 Å². The highest BCUT2D eigenvalue weighted by Gasteiger charge is 2.01. The van der Waals surface area contributed by atoms with Gasteiger partial charge < -0.3 is 5.32 Å². The molecule has 0 aliphatic heterocycles. The van der Waals surface area contributed by atoms with Crippen LogP contribution in [0, 0.1) is 0 Å². The predicted molar refractivity (Wildman–Crippen MR) is 70.8 cm³/mol. The molecule has 0 fully saturated rings. The smallest absolute Gasteiger partial charge is 0.0462 e. The minimum absolute atomic E-state index is 0.220. The lowest BCUT2D eigenvalue weighted by molar-refractivity contribution is 0.645. The molecule has 0 amide bonds. The molecule has 1 N–H and O–H groups in total. The molecular formula is C11H14BrCl2N. The Balaban J connectivity index is 2.37. The van der Waals surface area contributed by atoms with E-state index in [1.165, 1.54) is 0 Å². The molecule has 1 nitrogen and oxygen atoms in total. The predicted octanol–water partition coefficient (Wildman–Crippen LogP) is 4.21. The lowest BCUT2D eigenvalue weighted by Crippen LogP contribution is -2.17. The first-order chi connectivity index (χ1) is 7.09. The van der Waals surface area contributed by atoms with Gasteiger partial charge in [0, 0.05) is 21.4 Å². The third-order valence-corrected chi connectivity index (χ3v) is 3.11. The molecule has 0 radical (unpaired) electrons. The highest BCUT2D eigenvalue weighted by atomic mass is 79.9. The third kappa shape index (κ3) is 5.21. The summed E-state index contributed by atoms with van der Waals surface area (Å²) >= 11 is 15.3. The average molecular weight is 311 g/mol. The van der Waals surface area contributed by atoms with Crippen molar-refractivity contribution < 1.29 is 0 Å². The van der Waals surface area contributed by atoms with Gasteiger partial charge in [-0.1, -0.05) is 33.6 Å². The van der Waals surface area contributed by atoms with Crippen LogP contribution in [0.4, 0.5) is 0 Å². The Hall–Kier alpha value is 0.240. The Morgan fingerprint density at radius 2 is 2.20 bits per heavy atom. The van der Waals surface area contributed by atoms with Crippen LogP contribution >= 0.6 is 39.1 Å². The fourth-order valence-electron chi connectivity index (χ4n) is 1.19. The number of rotatable bonds is 5. The molecule has 4 heteroatoms. The zero-order valence-corrected chi connectivity index (χ0v) is 11.7. The van der Waals surface area contributed by atoms with Gasteiger partial charge in [0.2, 0.25) is 0 Å². The number of benzene rings is 1. The summed E-state index contributed by atoms with van der Waals surface area (Å²) in [5.41, 5.74) is 1.11. The van der Waals surface area contributed by atoms with Gasteiger partial charge in [-0.15, -0.1) is 11.6 Å². The minimum atomic E-state index is 0.220. The average Bonchev–Trinajstić information content (AvgIpc) is 2.14. The van der Waals surface area contributed by atoms with Gasteiger partial charge in [0.05, 0.1) is 0 Å². The standard InChI is InChI=1S/C11H14BrCl2N/c1-8(13)4-5-15-7-9-2-3-10(12)6-11(9)14/h2-3,6,8,15H,4-5,7H2,1H3. The van der Waals surface area contributed by atoms with Crippen LogP contribution in [-0.4, -0.2) is 11.9 Å². The Kier molecular flexibility index (Phi) is 5.98. The molecule has 0 heterocycles. The Morgan fingerprint density at radius 1 is 1.47 bits per heavy atom. The monoisotopic (exact) mass is 309 g/mol. The van der Waals surface area contributed by atoms with Gasteiger partial charge in [0.25, 0.3) is 0 Å². The van der Waals surface area contributed by atoms with Crippen molar-refractivity contribution in [1.29, 1.82) is 0 Å². The van der Waals surface area contributed by atoms with Gasteiger partial charge >= 0.3 is 0 Å². The van der Waals surface area contributed by atoms with Crippen molar-refractivity contribution in [2.24, 2.45) is 0 Å². The molecule has 0 spiro atoms. The Bertz CT molecular complexity index is 315. The van der Waals surface area contributed by atoms with Crippen molar-refractivity contribution in [3.63, 3.8) is 0 Å². The van der Waals surface area contributed by atoms with Crippen molar-refractivity contribution in [3.05, 3.63) is 33.3 Å². The summed E-state index contributed by atoms with van der Waals surface area (Å²) in [4.78, 5) is 0. The van der Waals surface area contributed by atoms with Crippen LogP contribution in [-0.2, 0) is 6.54 Å². The van der Waals surface area contributed by atoms with Gasteiger partial charge in [-0.25, -0.2) is 0 Å². The maximum atomic E-state index is 6.07. The van der Waals surface area contributed by atoms with Gasteiger partial charge in [0.15, 0.2) is 0 Å². The quantitative estimate of drug-likeness (QED) is 0.634. The van der Waals surface area contributed by atoms with Gasteiger partial charge in [-0.2, -0.15) is 0 Å². The first kappa shape index (κ1) is 13.3. The van der Waals surface area contributed by atoms with Gasteiger partial charge in [-0.3, -0.25) is 0 Å². The normalized spacial score (nSPS) is 12.8. The van der Waals surface area contributed by atoms with E-state index >= 15 is 0 Å². The summed E-state index contributed by atoms with van der Waals surface area (Å²) < 4.78 is 1.01. The van der Waals surface area contributed by atoms with Crippen molar-refractivity contribution in [2.45, 2.75) is 25.3 Å². The Morgan fingerprint density at radius 3 is 2.80 bits per heavy atom. The number of nitrogens with one attached hydrogen (secondary N) is 1. The van der Waals surface area contributed by atoms with Crippen LogP contribution in [0.5, 0.6) is 0 Å². The molecule has 15 heavy (non-hydrogen) atoms. The summed E-state index contributed by atoms with van der Waals surface area (Å²) in [6, 6.07) is 5.92. The van der Waals surface area contributed by atoms with Crippen LogP contribution in [0.15, 0.2) is 22.7 Å².